The number of H-pyrrole nitrogens is 1. The van der Waals surface area contributed by atoms with Gasteiger partial charge in [-0.15, -0.1) is 0 Å². The van der Waals surface area contributed by atoms with Gasteiger partial charge in [-0.25, -0.2) is 4.98 Å². The fraction of sp³-hybridized carbons (Fsp3) is 0.545. The van der Waals surface area contributed by atoms with Gasteiger partial charge in [0.25, 0.3) is 0 Å². The van der Waals surface area contributed by atoms with Crippen LogP contribution >= 0.6 is 12.2 Å². The number of ether oxygens (including phenoxy) is 2. The van der Waals surface area contributed by atoms with Crippen molar-refractivity contribution in [2.45, 2.75) is 18.9 Å². The highest BCUT2D eigenvalue weighted by atomic mass is 32.1. The number of methoxy groups -OCH3 is 1. The lowest BCUT2D eigenvalue weighted by atomic mass is 10.0. The van der Waals surface area contributed by atoms with Crippen LogP contribution in [0, 0.1) is 4.77 Å². The lowest BCUT2D eigenvalue weighted by Crippen LogP contribution is -2.30. The summed E-state index contributed by atoms with van der Waals surface area (Å²) in [4.78, 5) is 11.5. The maximum absolute atomic E-state index is 5.49. The van der Waals surface area contributed by atoms with E-state index in [1.807, 2.05) is 4.57 Å². The standard InChI is InChI=1S/C11H14N4O2S/c1-11(3-4-17-5-11)15-8-7(14-10(15)18)9(16-2)13-6-12-8/h6H,3-5H2,1-2H3,(H,14,18). The normalized spacial score (nSPS) is 23.7. The Hall–Kier alpha value is -1.47. The molecule has 1 atom stereocenters. The molecule has 0 aliphatic carbocycles. The Labute approximate surface area is 109 Å². The lowest BCUT2D eigenvalue weighted by Gasteiger charge is -2.24. The van der Waals surface area contributed by atoms with Gasteiger partial charge in [-0.1, -0.05) is 0 Å². The summed E-state index contributed by atoms with van der Waals surface area (Å²) in [6, 6.07) is 0. The first kappa shape index (κ1) is 11.6. The molecular weight excluding hydrogens is 252 g/mol. The third-order valence-electron chi connectivity index (χ3n) is 3.37. The molecule has 1 saturated heterocycles. The molecule has 0 amide bonds. The highest BCUT2D eigenvalue weighted by Crippen LogP contribution is 2.31. The summed E-state index contributed by atoms with van der Waals surface area (Å²) in [5, 5.41) is 0. The molecule has 1 fully saturated rings. The molecule has 7 heteroatoms. The van der Waals surface area contributed by atoms with Crippen LogP contribution in [-0.2, 0) is 10.3 Å². The van der Waals surface area contributed by atoms with E-state index in [9.17, 15) is 0 Å². The quantitative estimate of drug-likeness (QED) is 0.837. The van der Waals surface area contributed by atoms with Gasteiger partial charge in [0.05, 0.1) is 19.3 Å². The lowest BCUT2D eigenvalue weighted by molar-refractivity contribution is 0.162. The molecule has 96 valence electrons. The van der Waals surface area contributed by atoms with E-state index in [-0.39, 0.29) is 5.54 Å². The fourth-order valence-corrected chi connectivity index (χ4v) is 2.80. The minimum Gasteiger partial charge on any atom is -0.479 e. The minimum absolute atomic E-state index is 0.158. The van der Waals surface area contributed by atoms with E-state index in [1.54, 1.807) is 7.11 Å². The van der Waals surface area contributed by atoms with Gasteiger partial charge in [-0.3, -0.25) is 4.57 Å². The van der Waals surface area contributed by atoms with Crippen molar-refractivity contribution in [3.8, 4) is 5.88 Å². The zero-order valence-corrected chi connectivity index (χ0v) is 11.1. The first-order chi connectivity index (χ1) is 8.65. The number of rotatable bonds is 2. The van der Waals surface area contributed by atoms with Crippen molar-refractivity contribution in [1.29, 1.82) is 0 Å². The third-order valence-corrected chi connectivity index (χ3v) is 3.66. The predicted molar refractivity (Wildman–Crippen MR) is 68.3 cm³/mol. The molecule has 18 heavy (non-hydrogen) atoms. The van der Waals surface area contributed by atoms with Crippen molar-refractivity contribution in [2.75, 3.05) is 20.3 Å². The van der Waals surface area contributed by atoms with Crippen LogP contribution < -0.4 is 4.74 Å². The molecule has 1 N–H and O–H groups in total. The molecule has 0 saturated carbocycles. The van der Waals surface area contributed by atoms with Crippen molar-refractivity contribution >= 4 is 23.4 Å². The van der Waals surface area contributed by atoms with Crippen LogP contribution in [0.2, 0.25) is 0 Å². The molecule has 1 unspecified atom stereocenters. The highest BCUT2D eigenvalue weighted by Gasteiger charge is 2.34. The van der Waals surface area contributed by atoms with Gasteiger partial charge >= 0.3 is 0 Å². The maximum Gasteiger partial charge on any atom is 0.242 e. The molecule has 1 aliphatic rings. The molecule has 3 rings (SSSR count). The third kappa shape index (κ3) is 1.54. The summed E-state index contributed by atoms with van der Waals surface area (Å²) in [7, 11) is 1.58. The van der Waals surface area contributed by atoms with E-state index >= 15 is 0 Å². The maximum atomic E-state index is 5.49. The first-order valence-corrected chi connectivity index (χ1v) is 6.14. The van der Waals surface area contributed by atoms with Gasteiger partial charge in [0.1, 0.15) is 11.8 Å². The number of hydrogen-bond acceptors (Lipinski definition) is 5. The number of aromatic amines is 1. The summed E-state index contributed by atoms with van der Waals surface area (Å²) < 4.78 is 13.3. The molecule has 0 aromatic carbocycles. The molecule has 0 radical (unpaired) electrons. The van der Waals surface area contributed by atoms with Gasteiger partial charge in [-0.2, -0.15) is 4.98 Å². The van der Waals surface area contributed by atoms with E-state index in [4.69, 9.17) is 21.7 Å². The van der Waals surface area contributed by atoms with Crippen molar-refractivity contribution in [3.63, 3.8) is 0 Å². The van der Waals surface area contributed by atoms with Crippen LogP contribution in [0.1, 0.15) is 13.3 Å². The van der Waals surface area contributed by atoms with Crippen LogP contribution in [0.5, 0.6) is 5.88 Å². The Kier molecular flexibility index (Phi) is 2.60. The van der Waals surface area contributed by atoms with Gasteiger partial charge in [-0.05, 0) is 25.6 Å². The molecule has 2 aromatic heterocycles. The second-order valence-electron chi connectivity index (χ2n) is 4.65. The average Bonchev–Trinajstić information content (AvgIpc) is 2.92. The molecule has 3 heterocycles. The summed E-state index contributed by atoms with van der Waals surface area (Å²) in [6.45, 7) is 3.51. The van der Waals surface area contributed by atoms with E-state index in [0.29, 0.717) is 17.3 Å². The van der Waals surface area contributed by atoms with Crippen LogP contribution in [0.3, 0.4) is 0 Å². The van der Waals surface area contributed by atoms with Crippen molar-refractivity contribution in [1.82, 2.24) is 19.5 Å². The minimum atomic E-state index is -0.158. The molecule has 6 nitrogen and oxygen atoms in total. The van der Waals surface area contributed by atoms with Gasteiger partial charge in [0, 0.05) is 6.61 Å². The molecule has 0 spiro atoms. The van der Waals surface area contributed by atoms with E-state index < -0.39 is 0 Å². The van der Waals surface area contributed by atoms with Crippen LogP contribution in [-0.4, -0.2) is 39.8 Å². The molecule has 2 aromatic rings. The van der Waals surface area contributed by atoms with Crippen molar-refractivity contribution < 1.29 is 9.47 Å². The number of aromatic nitrogens is 4. The summed E-state index contributed by atoms with van der Waals surface area (Å²) in [5.41, 5.74) is 1.34. The Morgan fingerprint density at radius 3 is 3.06 bits per heavy atom. The second-order valence-corrected chi connectivity index (χ2v) is 5.03. The van der Waals surface area contributed by atoms with E-state index in [0.717, 1.165) is 24.2 Å². The van der Waals surface area contributed by atoms with Crippen LogP contribution in [0.15, 0.2) is 6.33 Å². The van der Waals surface area contributed by atoms with Crippen LogP contribution in [0.4, 0.5) is 0 Å². The first-order valence-electron chi connectivity index (χ1n) is 5.74. The number of nitrogens with one attached hydrogen (secondary N) is 1. The largest absolute Gasteiger partial charge is 0.479 e. The Morgan fingerprint density at radius 1 is 1.56 bits per heavy atom. The van der Waals surface area contributed by atoms with E-state index in [1.165, 1.54) is 6.33 Å². The number of nitrogens with zero attached hydrogens (tertiary/aromatic N) is 3. The molecular formula is C11H14N4O2S. The monoisotopic (exact) mass is 266 g/mol. The number of fused-ring (bicyclic) bond motifs is 1. The Bertz CT molecular complexity index is 642. The van der Waals surface area contributed by atoms with Gasteiger partial charge in [0.2, 0.25) is 5.88 Å². The fourth-order valence-electron chi connectivity index (χ4n) is 2.39. The Morgan fingerprint density at radius 2 is 2.39 bits per heavy atom. The zero-order valence-electron chi connectivity index (χ0n) is 10.3. The topological polar surface area (TPSA) is 65.0 Å². The zero-order chi connectivity index (χ0) is 12.8. The van der Waals surface area contributed by atoms with Gasteiger partial charge < -0.3 is 14.5 Å². The van der Waals surface area contributed by atoms with Gasteiger partial charge in [0.15, 0.2) is 10.4 Å². The summed E-state index contributed by atoms with van der Waals surface area (Å²) >= 11 is 5.40. The molecule has 1 aliphatic heterocycles. The highest BCUT2D eigenvalue weighted by molar-refractivity contribution is 7.71. The Balaban J connectivity index is 2.30. The smallest absolute Gasteiger partial charge is 0.242 e. The van der Waals surface area contributed by atoms with E-state index in [2.05, 4.69) is 21.9 Å². The molecule has 0 bridgehead atoms. The number of imidazole rings is 1. The van der Waals surface area contributed by atoms with Crippen molar-refractivity contribution in [2.24, 2.45) is 0 Å². The summed E-state index contributed by atoms with van der Waals surface area (Å²) in [5.74, 6) is 0.507. The van der Waals surface area contributed by atoms with Crippen molar-refractivity contribution in [3.05, 3.63) is 11.1 Å². The van der Waals surface area contributed by atoms with Crippen LogP contribution in [0.25, 0.3) is 11.2 Å². The number of hydrogen-bond donors (Lipinski definition) is 1. The average molecular weight is 266 g/mol. The SMILES string of the molecule is COc1ncnc2c1[nH]c(=S)n2C1(C)CCOC1. The second kappa shape index (κ2) is 4.03. The predicted octanol–water partition coefficient (Wildman–Crippen LogP) is 1.63. The summed E-state index contributed by atoms with van der Waals surface area (Å²) in [6.07, 6.45) is 2.40.